The van der Waals surface area contributed by atoms with Gasteiger partial charge in [0.1, 0.15) is 5.75 Å². The zero-order valence-electron chi connectivity index (χ0n) is 16.2. The van der Waals surface area contributed by atoms with Crippen molar-refractivity contribution >= 4 is 18.4 Å². The summed E-state index contributed by atoms with van der Waals surface area (Å²) in [5.74, 6) is 0.715. The van der Waals surface area contributed by atoms with Crippen LogP contribution in [-0.2, 0) is 16.0 Å². The molecule has 1 saturated heterocycles. The highest BCUT2D eigenvalue weighted by molar-refractivity contribution is 5.85. The second kappa shape index (κ2) is 13.0. The molecule has 26 heavy (non-hydrogen) atoms. The lowest BCUT2D eigenvalue weighted by atomic mass is 10.0. The highest BCUT2D eigenvalue weighted by Crippen LogP contribution is 2.16. The van der Waals surface area contributed by atoms with Gasteiger partial charge in [0, 0.05) is 12.6 Å². The summed E-state index contributed by atoms with van der Waals surface area (Å²) in [7, 11) is 0. The minimum Gasteiger partial charge on any atom is -0.494 e. The van der Waals surface area contributed by atoms with Crippen LogP contribution in [0.5, 0.6) is 5.75 Å². The molecule has 0 aliphatic carbocycles. The van der Waals surface area contributed by atoms with Gasteiger partial charge in [-0.25, -0.2) is 0 Å². The fraction of sp³-hybridized carbons (Fsp3) is 0.667. The van der Waals surface area contributed by atoms with Crippen molar-refractivity contribution in [1.29, 1.82) is 0 Å². The van der Waals surface area contributed by atoms with E-state index < -0.39 is 0 Å². The number of piperidine rings is 1. The van der Waals surface area contributed by atoms with Crippen molar-refractivity contribution in [2.45, 2.75) is 64.8 Å². The Balaban J connectivity index is 0.00000338. The van der Waals surface area contributed by atoms with E-state index in [2.05, 4.69) is 18.7 Å². The fourth-order valence-corrected chi connectivity index (χ4v) is 3.20. The van der Waals surface area contributed by atoms with Gasteiger partial charge < -0.3 is 14.4 Å². The number of esters is 1. The summed E-state index contributed by atoms with van der Waals surface area (Å²) in [6, 6.07) is 8.41. The Morgan fingerprint density at radius 1 is 1.15 bits per heavy atom. The van der Waals surface area contributed by atoms with Crippen LogP contribution in [0.25, 0.3) is 0 Å². The van der Waals surface area contributed by atoms with Crippen molar-refractivity contribution in [1.82, 2.24) is 4.90 Å². The normalized spacial score (nSPS) is 17.4. The molecule has 0 radical (unpaired) electrons. The van der Waals surface area contributed by atoms with Crippen molar-refractivity contribution in [3.8, 4) is 5.75 Å². The summed E-state index contributed by atoms with van der Waals surface area (Å²) in [5, 5.41) is 0. The molecule has 0 bridgehead atoms. The van der Waals surface area contributed by atoms with E-state index in [1.807, 2.05) is 24.3 Å². The molecular weight excluding hydrogens is 350 g/mol. The first kappa shape index (κ1) is 22.8. The molecule has 148 valence electrons. The number of ether oxygens (including phenoxy) is 2. The summed E-state index contributed by atoms with van der Waals surface area (Å²) in [4.78, 5) is 14.5. The summed E-state index contributed by atoms with van der Waals surface area (Å²) < 4.78 is 11.0. The van der Waals surface area contributed by atoms with Gasteiger partial charge >= 0.3 is 5.97 Å². The number of hydrogen-bond acceptors (Lipinski definition) is 4. The molecule has 1 unspecified atom stereocenters. The second-order valence-electron chi connectivity index (χ2n) is 6.98. The lowest BCUT2D eigenvalue weighted by Crippen LogP contribution is -2.38. The van der Waals surface area contributed by atoms with Gasteiger partial charge in [-0.05, 0) is 56.8 Å². The summed E-state index contributed by atoms with van der Waals surface area (Å²) in [6.07, 6.45) is 7.36. The van der Waals surface area contributed by atoms with Crippen LogP contribution in [0.4, 0.5) is 0 Å². The number of likely N-dealkylation sites (tertiary alicyclic amines) is 1. The van der Waals surface area contributed by atoms with Gasteiger partial charge in [-0.2, -0.15) is 0 Å². The smallest absolute Gasteiger partial charge is 0.310 e. The number of rotatable bonds is 10. The van der Waals surface area contributed by atoms with Crippen LogP contribution in [0.2, 0.25) is 0 Å². The van der Waals surface area contributed by atoms with Gasteiger partial charge in [0.05, 0.1) is 19.6 Å². The number of hydrogen-bond donors (Lipinski definition) is 0. The van der Waals surface area contributed by atoms with Gasteiger partial charge in [-0.1, -0.05) is 31.9 Å². The van der Waals surface area contributed by atoms with Crippen molar-refractivity contribution in [3.05, 3.63) is 29.8 Å². The molecule has 4 nitrogen and oxygen atoms in total. The Kier molecular flexibility index (Phi) is 11.4. The second-order valence-corrected chi connectivity index (χ2v) is 6.98. The molecule has 1 atom stereocenters. The van der Waals surface area contributed by atoms with E-state index in [1.165, 1.54) is 25.8 Å². The maximum Gasteiger partial charge on any atom is 0.310 e. The van der Waals surface area contributed by atoms with E-state index in [4.69, 9.17) is 9.47 Å². The van der Waals surface area contributed by atoms with Crippen LogP contribution in [0.15, 0.2) is 24.3 Å². The summed E-state index contributed by atoms with van der Waals surface area (Å²) in [5.41, 5.74) is 0.970. The highest BCUT2D eigenvalue weighted by atomic mass is 35.5. The molecule has 2 rings (SSSR count). The Bertz CT molecular complexity index is 506. The molecule has 0 saturated carbocycles. The number of carbonyl (C=O) groups is 1. The van der Waals surface area contributed by atoms with E-state index >= 15 is 0 Å². The first-order chi connectivity index (χ1) is 12.2. The van der Waals surface area contributed by atoms with Crippen LogP contribution >= 0.6 is 12.4 Å². The SMILES string of the molecule is CCCCOc1ccc(CC(=O)OCCCN2CCCCC2C)cc1.Cl. The molecule has 0 aromatic heterocycles. The van der Waals surface area contributed by atoms with Gasteiger partial charge in [-0.3, -0.25) is 4.79 Å². The van der Waals surface area contributed by atoms with E-state index in [0.29, 0.717) is 19.1 Å². The third kappa shape index (κ3) is 8.41. The molecule has 1 heterocycles. The summed E-state index contributed by atoms with van der Waals surface area (Å²) in [6.45, 7) is 7.90. The van der Waals surface area contributed by atoms with Gasteiger partial charge in [-0.15, -0.1) is 12.4 Å². The van der Waals surface area contributed by atoms with Crippen LogP contribution < -0.4 is 4.74 Å². The van der Waals surface area contributed by atoms with Crippen LogP contribution in [0, 0.1) is 0 Å². The quantitative estimate of drug-likeness (QED) is 0.436. The molecule has 1 fully saturated rings. The maximum atomic E-state index is 12.0. The van der Waals surface area contributed by atoms with Crippen LogP contribution in [0.3, 0.4) is 0 Å². The number of nitrogens with zero attached hydrogens (tertiary/aromatic N) is 1. The number of unbranched alkanes of at least 4 members (excludes halogenated alkanes) is 1. The Labute approximate surface area is 164 Å². The zero-order chi connectivity index (χ0) is 17.9. The molecule has 1 aliphatic rings. The van der Waals surface area contributed by atoms with Gasteiger partial charge in [0.2, 0.25) is 0 Å². The fourth-order valence-electron chi connectivity index (χ4n) is 3.20. The number of carbonyl (C=O) groups excluding carboxylic acids is 1. The van der Waals surface area contributed by atoms with Crippen molar-refractivity contribution in [2.24, 2.45) is 0 Å². The average Bonchev–Trinajstić information content (AvgIpc) is 2.62. The largest absolute Gasteiger partial charge is 0.494 e. The molecule has 0 amide bonds. The molecule has 0 N–H and O–H groups in total. The van der Waals surface area contributed by atoms with E-state index in [-0.39, 0.29) is 18.4 Å². The van der Waals surface area contributed by atoms with E-state index in [9.17, 15) is 4.79 Å². The minimum absolute atomic E-state index is 0. The Hall–Kier alpha value is -1.26. The molecule has 5 heteroatoms. The van der Waals surface area contributed by atoms with Gasteiger partial charge in [0.15, 0.2) is 0 Å². The van der Waals surface area contributed by atoms with Crippen molar-refractivity contribution < 1.29 is 14.3 Å². The van der Waals surface area contributed by atoms with E-state index in [0.717, 1.165) is 43.7 Å². The molecule has 1 aliphatic heterocycles. The maximum absolute atomic E-state index is 12.0. The minimum atomic E-state index is -0.147. The first-order valence-corrected chi connectivity index (χ1v) is 9.80. The van der Waals surface area contributed by atoms with Crippen LogP contribution in [-0.4, -0.2) is 43.2 Å². The molecule has 1 aromatic carbocycles. The van der Waals surface area contributed by atoms with Crippen LogP contribution in [0.1, 0.15) is 57.9 Å². The van der Waals surface area contributed by atoms with Crippen molar-refractivity contribution in [2.75, 3.05) is 26.3 Å². The van der Waals surface area contributed by atoms with Crippen molar-refractivity contribution in [3.63, 3.8) is 0 Å². The zero-order valence-corrected chi connectivity index (χ0v) is 17.1. The van der Waals surface area contributed by atoms with Gasteiger partial charge in [0.25, 0.3) is 0 Å². The predicted molar refractivity (Wildman–Crippen MR) is 108 cm³/mol. The average molecular weight is 384 g/mol. The lowest BCUT2D eigenvalue weighted by Gasteiger charge is -2.33. The standard InChI is InChI=1S/C21H33NO3.ClH/c1-3-4-15-24-20-11-9-19(10-12-20)17-21(23)25-16-7-14-22-13-6-5-8-18(22)2;/h9-12,18H,3-8,13-17H2,1-2H3;1H. The van der Waals surface area contributed by atoms with E-state index in [1.54, 1.807) is 0 Å². The third-order valence-corrected chi connectivity index (χ3v) is 4.83. The topological polar surface area (TPSA) is 38.8 Å². The molecule has 1 aromatic rings. The predicted octanol–water partition coefficient (Wildman–Crippen LogP) is 4.64. The lowest BCUT2D eigenvalue weighted by molar-refractivity contribution is -0.143. The first-order valence-electron chi connectivity index (χ1n) is 9.80. The number of halogens is 1. The molecule has 0 spiro atoms. The Morgan fingerprint density at radius 3 is 2.62 bits per heavy atom. The molecular formula is C21H34ClNO3. The highest BCUT2D eigenvalue weighted by Gasteiger charge is 2.17. The number of benzene rings is 1. The monoisotopic (exact) mass is 383 g/mol. The Morgan fingerprint density at radius 2 is 1.92 bits per heavy atom. The third-order valence-electron chi connectivity index (χ3n) is 4.83. The summed E-state index contributed by atoms with van der Waals surface area (Å²) >= 11 is 0.